The van der Waals surface area contributed by atoms with Crippen LogP contribution in [0.15, 0.2) is 4.34 Å². The van der Waals surface area contributed by atoms with Crippen molar-refractivity contribution in [3.05, 3.63) is 5.82 Å². The molecule has 1 aromatic rings. The summed E-state index contributed by atoms with van der Waals surface area (Å²) in [6.45, 7) is 3.67. The van der Waals surface area contributed by atoms with Crippen molar-refractivity contribution in [2.75, 3.05) is 12.8 Å². The molecular weight excluding hydrogens is 244 g/mol. The zero-order valence-electron chi connectivity index (χ0n) is 9.61. The van der Waals surface area contributed by atoms with E-state index in [0.717, 1.165) is 15.9 Å². The van der Waals surface area contributed by atoms with Crippen LogP contribution in [0.25, 0.3) is 0 Å². The molecule has 1 aromatic heterocycles. The van der Waals surface area contributed by atoms with Gasteiger partial charge in [0.2, 0.25) is 5.91 Å². The van der Waals surface area contributed by atoms with E-state index < -0.39 is 5.54 Å². The molecule has 5 nitrogen and oxygen atoms in total. The molecule has 0 aliphatic heterocycles. The number of carbonyl (C=O) groups is 1. The Kier molecular flexibility index (Phi) is 4.69. The molecule has 1 amide bonds. The van der Waals surface area contributed by atoms with E-state index in [1.54, 1.807) is 25.7 Å². The second kappa shape index (κ2) is 5.60. The van der Waals surface area contributed by atoms with Crippen LogP contribution < -0.4 is 11.1 Å². The number of hydrogen-bond acceptors (Lipinski definition) is 6. The molecular formula is C9H16N4OS2. The topological polar surface area (TPSA) is 80.9 Å². The highest BCUT2D eigenvalue weighted by molar-refractivity contribution is 8.00. The maximum atomic E-state index is 11.2. The standard InChI is InChI=1S/C9H16N4OS2/c1-6-12-8(16-13-6)15-5-4-9(2,11-3)7(10)14/h11H,4-5H2,1-3H3,(H2,10,14). The van der Waals surface area contributed by atoms with Gasteiger partial charge in [0.15, 0.2) is 4.34 Å². The van der Waals surface area contributed by atoms with Crippen LogP contribution in [0, 0.1) is 6.92 Å². The van der Waals surface area contributed by atoms with E-state index in [0.29, 0.717) is 6.42 Å². The van der Waals surface area contributed by atoms with Crippen LogP contribution in [0.5, 0.6) is 0 Å². The van der Waals surface area contributed by atoms with Crippen molar-refractivity contribution >= 4 is 29.2 Å². The first-order valence-electron chi connectivity index (χ1n) is 4.90. The lowest BCUT2D eigenvalue weighted by Gasteiger charge is -2.24. The Labute approximate surface area is 103 Å². The molecule has 0 saturated carbocycles. The molecule has 0 saturated heterocycles. The summed E-state index contributed by atoms with van der Waals surface area (Å²) >= 11 is 2.98. The van der Waals surface area contributed by atoms with E-state index in [1.165, 1.54) is 11.5 Å². The number of aryl methyl sites for hydroxylation is 1. The molecule has 0 spiro atoms. The van der Waals surface area contributed by atoms with Crippen molar-refractivity contribution in [3.63, 3.8) is 0 Å². The molecule has 1 atom stereocenters. The van der Waals surface area contributed by atoms with Gasteiger partial charge in [0.25, 0.3) is 0 Å². The third-order valence-corrected chi connectivity index (χ3v) is 4.36. The van der Waals surface area contributed by atoms with E-state index in [9.17, 15) is 4.79 Å². The highest BCUT2D eigenvalue weighted by Gasteiger charge is 2.28. The lowest BCUT2D eigenvalue weighted by atomic mass is 9.99. The predicted molar refractivity (Wildman–Crippen MR) is 66.6 cm³/mol. The summed E-state index contributed by atoms with van der Waals surface area (Å²) in [5, 5.41) is 2.95. The number of aromatic nitrogens is 2. The molecule has 16 heavy (non-hydrogen) atoms. The summed E-state index contributed by atoms with van der Waals surface area (Å²) in [5.74, 6) is 1.25. The van der Waals surface area contributed by atoms with Crippen LogP contribution in [0.4, 0.5) is 0 Å². The molecule has 3 N–H and O–H groups in total. The molecule has 0 aliphatic carbocycles. The minimum Gasteiger partial charge on any atom is -0.368 e. The molecule has 1 heterocycles. The van der Waals surface area contributed by atoms with Crippen LogP contribution in [0.1, 0.15) is 19.2 Å². The summed E-state index contributed by atoms with van der Waals surface area (Å²) in [4.78, 5) is 15.5. The van der Waals surface area contributed by atoms with Gasteiger partial charge in [0.05, 0.1) is 5.54 Å². The van der Waals surface area contributed by atoms with Gasteiger partial charge in [-0.15, -0.1) is 0 Å². The molecule has 1 unspecified atom stereocenters. The largest absolute Gasteiger partial charge is 0.368 e. The van der Waals surface area contributed by atoms with Crippen molar-refractivity contribution < 1.29 is 4.79 Å². The number of rotatable bonds is 6. The van der Waals surface area contributed by atoms with Crippen LogP contribution in [-0.2, 0) is 4.79 Å². The lowest BCUT2D eigenvalue weighted by Crippen LogP contribution is -2.51. The Balaban J connectivity index is 2.43. The molecule has 0 aliphatic rings. The number of primary amides is 1. The fourth-order valence-electron chi connectivity index (χ4n) is 1.05. The normalized spacial score (nSPS) is 14.7. The van der Waals surface area contributed by atoms with Gasteiger partial charge in [-0.2, -0.15) is 4.37 Å². The minimum atomic E-state index is -0.646. The van der Waals surface area contributed by atoms with Gasteiger partial charge in [-0.1, -0.05) is 11.8 Å². The average Bonchev–Trinajstić information content (AvgIpc) is 2.63. The molecule has 0 fully saturated rings. The summed E-state index contributed by atoms with van der Waals surface area (Å²) in [6.07, 6.45) is 0.669. The summed E-state index contributed by atoms with van der Waals surface area (Å²) < 4.78 is 5.02. The van der Waals surface area contributed by atoms with E-state index >= 15 is 0 Å². The van der Waals surface area contributed by atoms with Gasteiger partial charge in [-0.25, -0.2) is 4.98 Å². The minimum absolute atomic E-state index is 0.330. The van der Waals surface area contributed by atoms with Crippen LogP contribution >= 0.6 is 23.3 Å². The summed E-state index contributed by atoms with van der Waals surface area (Å²) in [7, 11) is 1.74. The molecule has 90 valence electrons. The first-order chi connectivity index (χ1) is 7.48. The van der Waals surface area contributed by atoms with E-state index in [4.69, 9.17) is 5.73 Å². The highest BCUT2D eigenvalue weighted by Crippen LogP contribution is 2.23. The molecule has 0 aromatic carbocycles. The summed E-state index contributed by atoms with van der Waals surface area (Å²) in [6, 6.07) is 0. The van der Waals surface area contributed by atoms with Crippen LogP contribution in [-0.4, -0.2) is 33.6 Å². The number of nitrogens with two attached hydrogens (primary N) is 1. The number of nitrogens with zero attached hydrogens (tertiary/aromatic N) is 2. The molecule has 0 bridgehead atoms. The fourth-order valence-corrected chi connectivity index (χ4v) is 2.93. The Morgan fingerprint density at radius 1 is 1.69 bits per heavy atom. The van der Waals surface area contributed by atoms with Crippen molar-refractivity contribution in [1.29, 1.82) is 0 Å². The average molecular weight is 260 g/mol. The van der Waals surface area contributed by atoms with Crippen molar-refractivity contribution in [1.82, 2.24) is 14.7 Å². The summed E-state index contributed by atoms with van der Waals surface area (Å²) in [5.41, 5.74) is 4.68. The first-order valence-corrected chi connectivity index (χ1v) is 6.66. The molecule has 1 rings (SSSR count). The van der Waals surface area contributed by atoms with Crippen molar-refractivity contribution in [2.24, 2.45) is 5.73 Å². The second-order valence-electron chi connectivity index (χ2n) is 3.65. The maximum Gasteiger partial charge on any atom is 0.237 e. The SMILES string of the molecule is CNC(C)(CCSc1nc(C)ns1)C(N)=O. The number of likely N-dealkylation sites (N-methyl/N-ethyl adjacent to an activating group) is 1. The van der Waals surface area contributed by atoms with E-state index in [2.05, 4.69) is 14.7 Å². The number of thioether (sulfide) groups is 1. The zero-order valence-corrected chi connectivity index (χ0v) is 11.2. The third kappa shape index (κ3) is 3.43. The predicted octanol–water partition coefficient (Wildman–Crippen LogP) is 0.792. The Hall–Kier alpha value is -0.660. The first kappa shape index (κ1) is 13.4. The van der Waals surface area contributed by atoms with Crippen LogP contribution in [0.3, 0.4) is 0 Å². The number of carbonyl (C=O) groups excluding carboxylic acids is 1. The Morgan fingerprint density at radius 3 is 2.81 bits per heavy atom. The smallest absolute Gasteiger partial charge is 0.237 e. The van der Waals surface area contributed by atoms with Gasteiger partial charge in [0.1, 0.15) is 5.82 Å². The number of hydrogen-bond donors (Lipinski definition) is 2. The van der Waals surface area contributed by atoms with E-state index in [1.807, 2.05) is 6.92 Å². The fraction of sp³-hybridized carbons (Fsp3) is 0.667. The van der Waals surface area contributed by atoms with Gasteiger partial charge in [0, 0.05) is 5.75 Å². The highest BCUT2D eigenvalue weighted by atomic mass is 32.2. The van der Waals surface area contributed by atoms with Crippen LogP contribution in [0.2, 0.25) is 0 Å². The quantitative estimate of drug-likeness (QED) is 0.739. The zero-order chi connectivity index (χ0) is 12.2. The van der Waals surface area contributed by atoms with Gasteiger partial charge < -0.3 is 11.1 Å². The van der Waals surface area contributed by atoms with Crippen molar-refractivity contribution in [2.45, 2.75) is 30.1 Å². The van der Waals surface area contributed by atoms with Crippen molar-refractivity contribution in [3.8, 4) is 0 Å². The van der Waals surface area contributed by atoms with Gasteiger partial charge in [-0.3, -0.25) is 4.79 Å². The Bertz CT molecular complexity index is 368. The number of amides is 1. The number of nitrogens with one attached hydrogen (secondary N) is 1. The monoisotopic (exact) mass is 260 g/mol. The maximum absolute atomic E-state index is 11.2. The second-order valence-corrected chi connectivity index (χ2v) is 5.75. The lowest BCUT2D eigenvalue weighted by molar-refractivity contribution is -0.123. The third-order valence-electron chi connectivity index (χ3n) is 2.43. The van der Waals surface area contributed by atoms with E-state index in [-0.39, 0.29) is 5.91 Å². The molecule has 7 heteroatoms. The Morgan fingerprint density at radius 2 is 2.38 bits per heavy atom. The van der Waals surface area contributed by atoms with Gasteiger partial charge >= 0.3 is 0 Å². The van der Waals surface area contributed by atoms with Gasteiger partial charge in [-0.05, 0) is 38.8 Å². The molecule has 0 radical (unpaired) electrons.